The van der Waals surface area contributed by atoms with Crippen LogP contribution in [0.1, 0.15) is 55.2 Å². The third kappa shape index (κ3) is 4.57. The lowest BCUT2D eigenvalue weighted by molar-refractivity contribution is -0.0371. The Bertz CT molecular complexity index is 1260. The van der Waals surface area contributed by atoms with Crippen LogP contribution in [-0.2, 0) is 4.84 Å². The first kappa shape index (κ1) is 23.2. The highest BCUT2D eigenvalue weighted by Crippen LogP contribution is 2.38. The van der Waals surface area contributed by atoms with E-state index in [1.807, 2.05) is 24.0 Å². The molecule has 182 valence electrons. The van der Waals surface area contributed by atoms with Crippen LogP contribution < -0.4 is 4.74 Å². The van der Waals surface area contributed by atoms with E-state index in [-0.39, 0.29) is 12.1 Å². The molecule has 0 N–H and O–H groups in total. The maximum absolute atomic E-state index is 6.21. The van der Waals surface area contributed by atoms with Gasteiger partial charge in [0.1, 0.15) is 5.75 Å². The number of hydrogen-bond donors (Lipinski definition) is 0. The van der Waals surface area contributed by atoms with E-state index in [9.17, 15) is 0 Å². The van der Waals surface area contributed by atoms with Gasteiger partial charge < -0.3 is 19.0 Å². The van der Waals surface area contributed by atoms with Crippen molar-refractivity contribution in [2.24, 2.45) is 11.1 Å². The summed E-state index contributed by atoms with van der Waals surface area (Å²) in [5, 5.41) is 4.68. The molecule has 3 aromatic rings. The molecule has 2 aliphatic rings. The molecule has 0 bridgehead atoms. The van der Waals surface area contributed by atoms with Gasteiger partial charge in [0.25, 0.3) is 0 Å². The molecule has 0 spiro atoms. The number of benzene rings is 2. The van der Waals surface area contributed by atoms with Gasteiger partial charge in [-0.2, -0.15) is 0 Å². The Kier molecular flexibility index (Phi) is 6.37. The van der Waals surface area contributed by atoms with Gasteiger partial charge in [0.05, 0.1) is 30.9 Å². The van der Waals surface area contributed by atoms with Gasteiger partial charge in [0, 0.05) is 12.7 Å². The zero-order valence-corrected chi connectivity index (χ0v) is 21.2. The van der Waals surface area contributed by atoms with Crippen LogP contribution in [0.2, 0.25) is 0 Å². The van der Waals surface area contributed by atoms with Crippen molar-refractivity contribution in [2.45, 2.75) is 52.7 Å². The number of ether oxygens (including phenoxy) is 1. The fourth-order valence-electron chi connectivity index (χ4n) is 5.19. The normalized spacial score (nSPS) is 21.0. The van der Waals surface area contributed by atoms with Crippen LogP contribution in [0.5, 0.6) is 5.75 Å². The Morgan fingerprint density at radius 2 is 1.91 bits per heavy atom. The maximum atomic E-state index is 6.21. The summed E-state index contributed by atoms with van der Waals surface area (Å²) in [6.45, 7) is 9.64. The predicted molar refractivity (Wildman–Crippen MR) is 140 cm³/mol. The highest BCUT2D eigenvalue weighted by molar-refractivity contribution is 6.03. The number of oxime groups is 1. The van der Waals surface area contributed by atoms with Crippen molar-refractivity contribution in [3.63, 3.8) is 0 Å². The molecule has 1 unspecified atom stereocenters. The molecule has 2 aromatic carbocycles. The van der Waals surface area contributed by atoms with Crippen molar-refractivity contribution in [2.75, 3.05) is 13.7 Å². The SMILES string of the molecule is COc1cc(/C=C2\CCCN3C2=NOC(c2ccc(C)cc2)[C@@H]3C(C)C)ccc1-n1cnc(C)c1. The summed E-state index contributed by atoms with van der Waals surface area (Å²) < 4.78 is 7.71. The fourth-order valence-corrected chi connectivity index (χ4v) is 5.19. The summed E-state index contributed by atoms with van der Waals surface area (Å²) in [5.41, 5.74) is 6.67. The summed E-state index contributed by atoms with van der Waals surface area (Å²) in [5.74, 6) is 2.20. The molecule has 0 aliphatic carbocycles. The lowest BCUT2D eigenvalue weighted by Crippen LogP contribution is -2.52. The zero-order valence-electron chi connectivity index (χ0n) is 21.2. The smallest absolute Gasteiger partial charge is 0.173 e. The van der Waals surface area contributed by atoms with Gasteiger partial charge in [0.15, 0.2) is 11.9 Å². The minimum atomic E-state index is -0.0725. The molecule has 1 saturated heterocycles. The number of aromatic nitrogens is 2. The van der Waals surface area contributed by atoms with E-state index in [0.717, 1.165) is 47.9 Å². The van der Waals surface area contributed by atoms with Crippen molar-refractivity contribution in [3.05, 3.63) is 82.9 Å². The van der Waals surface area contributed by atoms with Gasteiger partial charge in [-0.15, -0.1) is 0 Å². The average Bonchev–Trinajstić information content (AvgIpc) is 3.29. The molecule has 5 rings (SSSR count). The fraction of sp³-hybridized carbons (Fsp3) is 0.379. The molecular weight excluding hydrogens is 436 g/mol. The maximum Gasteiger partial charge on any atom is 0.173 e. The third-order valence-corrected chi connectivity index (χ3v) is 6.95. The molecule has 35 heavy (non-hydrogen) atoms. The number of nitrogens with zero attached hydrogens (tertiary/aromatic N) is 4. The molecule has 2 atom stereocenters. The van der Waals surface area contributed by atoms with E-state index in [1.165, 1.54) is 16.7 Å². The molecule has 0 saturated carbocycles. The molecule has 3 heterocycles. The Labute approximate surface area is 207 Å². The van der Waals surface area contributed by atoms with Crippen molar-refractivity contribution in [3.8, 4) is 11.4 Å². The first-order chi connectivity index (χ1) is 16.9. The molecule has 0 amide bonds. The molecule has 6 nitrogen and oxygen atoms in total. The number of hydrogen-bond acceptors (Lipinski definition) is 5. The zero-order chi connectivity index (χ0) is 24.5. The Morgan fingerprint density at radius 1 is 1.11 bits per heavy atom. The van der Waals surface area contributed by atoms with Crippen molar-refractivity contribution in [1.29, 1.82) is 0 Å². The van der Waals surface area contributed by atoms with E-state index in [0.29, 0.717) is 5.92 Å². The Morgan fingerprint density at radius 3 is 2.60 bits per heavy atom. The van der Waals surface area contributed by atoms with Gasteiger partial charge in [-0.1, -0.05) is 54.9 Å². The Hall–Kier alpha value is -3.54. The van der Waals surface area contributed by atoms with E-state index >= 15 is 0 Å². The van der Waals surface area contributed by atoms with Crippen LogP contribution in [0.25, 0.3) is 11.8 Å². The van der Waals surface area contributed by atoms with Crippen LogP contribution in [0.4, 0.5) is 0 Å². The number of fused-ring (bicyclic) bond motifs is 1. The molecule has 0 radical (unpaired) electrons. The number of piperidine rings is 1. The van der Waals surface area contributed by atoms with Crippen LogP contribution in [0.3, 0.4) is 0 Å². The van der Waals surface area contributed by atoms with Gasteiger partial charge in [-0.3, -0.25) is 0 Å². The molecule has 1 aromatic heterocycles. The van der Waals surface area contributed by atoms with Gasteiger partial charge in [0.2, 0.25) is 0 Å². The molecule has 6 heteroatoms. The quantitative estimate of drug-likeness (QED) is 0.453. The molecule has 1 fully saturated rings. The standard InChI is InChI=1S/C29H34N4O2/c1-19(2)27-28(23-11-8-20(3)9-12-23)35-31-29-24(7-6-14-33(27)29)15-22-10-13-25(26(16-22)34-5)32-17-21(4)30-18-32/h8-13,15-19,27-28H,6-7,14H2,1-5H3/b24-15+/t27-,28?/m0/s1. The number of aryl methyl sites for hydroxylation is 2. The van der Waals surface area contributed by atoms with Gasteiger partial charge in [-0.25, -0.2) is 4.98 Å². The average molecular weight is 471 g/mol. The molecular formula is C29H34N4O2. The number of imidazole rings is 1. The lowest BCUT2D eigenvalue weighted by atomic mass is 9.88. The van der Waals surface area contributed by atoms with Crippen LogP contribution in [0.15, 0.2) is 65.7 Å². The van der Waals surface area contributed by atoms with Crippen LogP contribution in [0, 0.1) is 19.8 Å². The lowest BCUT2D eigenvalue weighted by Gasteiger charge is -2.45. The first-order valence-electron chi connectivity index (χ1n) is 12.4. The second kappa shape index (κ2) is 9.61. The van der Waals surface area contributed by atoms with Gasteiger partial charge in [-0.05, 0) is 67.5 Å². The number of rotatable bonds is 5. The third-order valence-electron chi connectivity index (χ3n) is 6.95. The van der Waals surface area contributed by atoms with Crippen molar-refractivity contribution < 1.29 is 9.57 Å². The minimum absolute atomic E-state index is 0.0725. The summed E-state index contributed by atoms with van der Waals surface area (Å²) >= 11 is 0. The summed E-state index contributed by atoms with van der Waals surface area (Å²) in [7, 11) is 1.71. The largest absolute Gasteiger partial charge is 0.495 e. The van der Waals surface area contributed by atoms with Crippen molar-refractivity contribution in [1.82, 2.24) is 14.5 Å². The minimum Gasteiger partial charge on any atom is -0.495 e. The summed E-state index contributed by atoms with van der Waals surface area (Å²) in [6.07, 6.45) is 8.04. The predicted octanol–water partition coefficient (Wildman–Crippen LogP) is 6.09. The van der Waals surface area contributed by atoms with Crippen LogP contribution in [-0.4, -0.2) is 40.0 Å². The summed E-state index contributed by atoms with van der Waals surface area (Å²) in [6, 6.07) is 15.2. The first-order valence-corrected chi connectivity index (χ1v) is 12.4. The van der Waals surface area contributed by atoms with E-state index in [4.69, 9.17) is 9.57 Å². The summed E-state index contributed by atoms with van der Waals surface area (Å²) in [4.78, 5) is 13.0. The second-order valence-electron chi connectivity index (χ2n) is 9.91. The monoisotopic (exact) mass is 470 g/mol. The highest BCUT2D eigenvalue weighted by atomic mass is 16.6. The second-order valence-corrected chi connectivity index (χ2v) is 9.91. The van der Waals surface area contributed by atoms with Crippen LogP contribution >= 0.6 is 0 Å². The van der Waals surface area contributed by atoms with E-state index in [1.54, 1.807) is 7.11 Å². The topological polar surface area (TPSA) is 51.9 Å². The van der Waals surface area contributed by atoms with Crippen molar-refractivity contribution >= 4 is 11.9 Å². The number of methoxy groups -OCH3 is 1. The number of amidine groups is 1. The van der Waals surface area contributed by atoms with Gasteiger partial charge >= 0.3 is 0 Å². The van der Waals surface area contributed by atoms with E-state index in [2.05, 4.69) is 84.4 Å². The highest BCUT2D eigenvalue weighted by Gasteiger charge is 2.40. The molecule has 2 aliphatic heterocycles. The Balaban J connectivity index is 1.47. The van der Waals surface area contributed by atoms with E-state index < -0.39 is 0 Å².